The summed E-state index contributed by atoms with van der Waals surface area (Å²) in [7, 11) is 0. The second-order valence-electron chi connectivity index (χ2n) is 3.36. The maximum Gasteiger partial charge on any atom is 0.405 e. The number of hydrogen-bond acceptors (Lipinski definition) is 3. The maximum absolute atomic E-state index is 13.0. The van der Waals surface area contributed by atoms with Crippen LogP contribution in [0.15, 0.2) is 23.1 Å². The molecule has 0 aliphatic heterocycles. The fourth-order valence-corrected chi connectivity index (χ4v) is 1.75. The number of carbonyl (C=O) groups is 1. The van der Waals surface area contributed by atoms with Gasteiger partial charge in [-0.15, -0.1) is 11.8 Å². The van der Waals surface area contributed by atoms with E-state index in [1.54, 1.807) is 5.32 Å². The molecule has 1 amide bonds. The molecule has 18 heavy (non-hydrogen) atoms. The van der Waals surface area contributed by atoms with Crippen LogP contribution in [-0.2, 0) is 4.79 Å². The molecular formula is C10H10F4N2OS. The molecule has 3 N–H and O–H groups in total. The number of amides is 1. The number of anilines is 1. The Labute approximate surface area is 105 Å². The lowest BCUT2D eigenvalue weighted by molar-refractivity contribution is -0.136. The number of rotatable bonds is 4. The van der Waals surface area contributed by atoms with E-state index in [-0.39, 0.29) is 11.4 Å². The van der Waals surface area contributed by atoms with E-state index in [1.165, 1.54) is 12.1 Å². The maximum atomic E-state index is 13.0. The predicted molar refractivity (Wildman–Crippen MR) is 60.6 cm³/mol. The van der Waals surface area contributed by atoms with E-state index in [0.29, 0.717) is 4.90 Å². The van der Waals surface area contributed by atoms with Gasteiger partial charge in [0.15, 0.2) is 0 Å². The second kappa shape index (κ2) is 5.94. The topological polar surface area (TPSA) is 55.1 Å². The van der Waals surface area contributed by atoms with E-state index in [4.69, 9.17) is 5.73 Å². The van der Waals surface area contributed by atoms with Crippen molar-refractivity contribution in [2.75, 3.05) is 18.0 Å². The van der Waals surface area contributed by atoms with Crippen LogP contribution in [0.3, 0.4) is 0 Å². The summed E-state index contributed by atoms with van der Waals surface area (Å²) in [5, 5.41) is 1.72. The Bertz CT molecular complexity index is 436. The van der Waals surface area contributed by atoms with Crippen LogP contribution in [0, 0.1) is 5.82 Å². The van der Waals surface area contributed by atoms with Gasteiger partial charge in [-0.1, -0.05) is 0 Å². The number of nitrogens with one attached hydrogen (secondary N) is 1. The van der Waals surface area contributed by atoms with Crippen molar-refractivity contribution >= 4 is 23.4 Å². The summed E-state index contributed by atoms with van der Waals surface area (Å²) in [6.07, 6.45) is -4.44. The third-order valence-electron chi connectivity index (χ3n) is 1.83. The van der Waals surface area contributed by atoms with Gasteiger partial charge in [-0.2, -0.15) is 13.2 Å². The van der Waals surface area contributed by atoms with Crippen molar-refractivity contribution < 1.29 is 22.4 Å². The number of halogens is 4. The van der Waals surface area contributed by atoms with Crippen LogP contribution >= 0.6 is 11.8 Å². The zero-order chi connectivity index (χ0) is 13.8. The molecule has 0 radical (unpaired) electrons. The highest BCUT2D eigenvalue weighted by molar-refractivity contribution is 8.00. The SMILES string of the molecule is Nc1ccc(SCC(=O)NCC(F)(F)F)cc1F. The Morgan fingerprint density at radius 3 is 2.61 bits per heavy atom. The van der Waals surface area contributed by atoms with Crippen molar-refractivity contribution in [3.63, 3.8) is 0 Å². The van der Waals surface area contributed by atoms with Crippen molar-refractivity contribution in [2.24, 2.45) is 0 Å². The first kappa shape index (κ1) is 14.6. The molecule has 0 heterocycles. The summed E-state index contributed by atoms with van der Waals surface area (Å²) in [5.41, 5.74) is 5.22. The van der Waals surface area contributed by atoms with Crippen molar-refractivity contribution in [3.05, 3.63) is 24.0 Å². The quantitative estimate of drug-likeness (QED) is 0.505. The van der Waals surface area contributed by atoms with Crippen LogP contribution in [0.25, 0.3) is 0 Å². The van der Waals surface area contributed by atoms with Crippen LogP contribution in [0.5, 0.6) is 0 Å². The third-order valence-corrected chi connectivity index (χ3v) is 2.82. The lowest BCUT2D eigenvalue weighted by atomic mass is 10.3. The van der Waals surface area contributed by atoms with Crippen LogP contribution in [-0.4, -0.2) is 24.4 Å². The highest BCUT2D eigenvalue weighted by atomic mass is 32.2. The van der Waals surface area contributed by atoms with Crippen LogP contribution in [0.1, 0.15) is 0 Å². The van der Waals surface area contributed by atoms with Crippen molar-refractivity contribution in [1.82, 2.24) is 5.32 Å². The Morgan fingerprint density at radius 1 is 1.39 bits per heavy atom. The van der Waals surface area contributed by atoms with Gasteiger partial charge in [0.05, 0.1) is 11.4 Å². The van der Waals surface area contributed by atoms with Gasteiger partial charge in [0.2, 0.25) is 5.91 Å². The summed E-state index contributed by atoms with van der Waals surface area (Å²) >= 11 is 0.927. The first-order valence-electron chi connectivity index (χ1n) is 4.79. The number of nitrogen functional groups attached to an aromatic ring is 1. The third kappa shape index (κ3) is 5.26. The summed E-state index contributed by atoms with van der Waals surface area (Å²) < 4.78 is 48.4. The molecule has 8 heteroatoms. The average Bonchev–Trinajstić information content (AvgIpc) is 2.27. The number of carbonyl (C=O) groups excluding carboxylic acids is 1. The van der Waals surface area contributed by atoms with Gasteiger partial charge in [0, 0.05) is 4.90 Å². The minimum Gasteiger partial charge on any atom is -0.396 e. The molecule has 0 aliphatic carbocycles. The number of benzene rings is 1. The summed E-state index contributed by atoms with van der Waals surface area (Å²) in [4.78, 5) is 11.5. The van der Waals surface area contributed by atoms with Gasteiger partial charge in [0.1, 0.15) is 12.4 Å². The van der Waals surface area contributed by atoms with Crippen LogP contribution < -0.4 is 11.1 Å². The van der Waals surface area contributed by atoms with Crippen molar-refractivity contribution in [3.8, 4) is 0 Å². The van der Waals surface area contributed by atoms with E-state index in [1.807, 2.05) is 0 Å². The van der Waals surface area contributed by atoms with Crippen molar-refractivity contribution in [1.29, 1.82) is 0 Å². The van der Waals surface area contributed by atoms with Gasteiger partial charge < -0.3 is 11.1 Å². The molecule has 0 aromatic heterocycles. The van der Waals surface area contributed by atoms with Gasteiger partial charge in [-0.3, -0.25) is 4.79 Å². The van der Waals surface area contributed by atoms with Gasteiger partial charge in [-0.05, 0) is 18.2 Å². The largest absolute Gasteiger partial charge is 0.405 e. The Balaban J connectivity index is 2.40. The highest BCUT2D eigenvalue weighted by Gasteiger charge is 2.27. The van der Waals surface area contributed by atoms with Crippen LogP contribution in [0.2, 0.25) is 0 Å². The van der Waals surface area contributed by atoms with Crippen LogP contribution in [0.4, 0.5) is 23.2 Å². The molecule has 0 bridgehead atoms. The number of hydrogen-bond donors (Lipinski definition) is 2. The van der Waals surface area contributed by atoms with E-state index in [9.17, 15) is 22.4 Å². The highest BCUT2D eigenvalue weighted by Crippen LogP contribution is 2.21. The van der Waals surface area contributed by atoms with Gasteiger partial charge in [-0.25, -0.2) is 4.39 Å². The average molecular weight is 282 g/mol. The van der Waals surface area contributed by atoms with E-state index < -0.39 is 24.4 Å². The van der Waals surface area contributed by atoms with E-state index in [0.717, 1.165) is 17.8 Å². The minimum absolute atomic E-state index is 0.0270. The molecule has 0 atom stereocenters. The van der Waals surface area contributed by atoms with Crippen molar-refractivity contribution in [2.45, 2.75) is 11.1 Å². The molecule has 0 aliphatic rings. The monoisotopic (exact) mass is 282 g/mol. The minimum atomic E-state index is -4.44. The van der Waals surface area contributed by atoms with E-state index in [2.05, 4.69) is 0 Å². The molecule has 0 saturated heterocycles. The number of alkyl halides is 3. The summed E-state index contributed by atoms with van der Waals surface area (Å²) in [6, 6.07) is 3.93. The zero-order valence-corrected chi connectivity index (χ0v) is 9.87. The molecule has 0 saturated carbocycles. The Kier molecular flexibility index (Phi) is 4.83. The van der Waals surface area contributed by atoms with E-state index >= 15 is 0 Å². The molecule has 1 aromatic carbocycles. The first-order valence-corrected chi connectivity index (χ1v) is 5.78. The number of nitrogens with two attached hydrogens (primary N) is 1. The lowest BCUT2D eigenvalue weighted by Gasteiger charge is -2.08. The molecule has 3 nitrogen and oxygen atoms in total. The summed E-state index contributed by atoms with van der Waals surface area (Å²) in [6.45, 7) is -1.37. The summed E-state index contributed by atoms with van der Waals surface area (Å²) in [5.74, 6) is -1.62. The molecule has 0 fully saturated rings. The molecule has 0 unspecified atom stereocenters. The molecule has 100 valence electrons. The Morgan fingerprint density at radius 2 is 2.06 bits per heavy atom. The fraction of sp³-hybridized carbons (Fsp3) is 0.300. The molecule has 0 spiro atoms. The second-order valence-corrected chi connectivity index (χ2v) is 4.41. The molecule has 1 rings (SSSR count). The van der Waals surface area contributed by atoms with Gasteiger partial charge in [0.25, 0.3) is 0 Å². The smallest absolute Gasteiger partial charge is 0.396 e. The predicted octanol–water partition coefficient (Wildman–Crippen LogP) is 2.18. The first-order chi connectivity index (χ1) is 8.28. The molecular weight excluding hydrogens is 272 g/mol. The molecule has 1 aromatic rings. The lowest BCUT2D eigenvalue weighted by Crippen LogP contribution is -2.34. The number of thioether (sulfide) groups is 1. The van der Waals surface area contributed by atoms with Gasteiger partial charge >= 0.3 is 6.18 Å². The standard InChI is InChI=1S/C10H10F4N2OS/c11-7-3-6(1-2-8(7)15)18-4-9(17)16-5-10(12,13)14/h1-3H,4-5,15H2,(H,16,17). The zero-order valence-electron chi connectivity index (χ0n) is 9.05. The fourth-order valence-electron chi connectivity index (χ4n) is 0.996. The Hall–Kier alpha value is -1.44. The normalized spacial score (nSPS) is 11.3.